The van der Waals surface area contributed by atoms with Gasteiger partial charge in [-0.05, 0) is 30.0 Å². The van der Waals surface area contributed by atoms with E-state index in [9.17, 15) is 9.59 Å². The van der Waals surface area contributed by atoms with Crippen molar-refractivity contribution < 1.29 is 9.59 Å². The van der Waals surface area contributed by atoms with E-state index in [1.54, 1.807) is 0 Å². The summed E-state index contributed by atoms with van der Waals surface area (Å²) in [6.07, 6.45) is 0.956. The normalized spacial score (nSPS) is 12.1. The van der Waals surface area contributed by atoms with Gasteiger partial charge in [-0.1, -0.05) is 32.9 Å². The lowest BCUT2D eigenvalue weighted by atomic mass is 10.1. The zero-order chi connectivity index (χ0) is 15.1. The van der Waals surface area contributed by atoms with Crippen LogP contribution in [-0.2, 0) is 16.0 Å². The summed E-state index contributed by atoms with van der Waals surface area (Å²) in [5, 5.41) is 5.25. The van der Waals surface area contributed by atoms with Gasteiger partial charge in [-0.25, -0.2) is 0 Å². The molecule has 0 aliphatic rings. The van der Waals surface area contributed by atoms with Crippen molar-refractivity contribution >= 4 is 17.5 Å². The Morgan fingerprint density at radius 2 is 1.80 bits per heavy atom. The van der Waals surface area contributed by atoms with Crippen LogP contribution in [0.15, 0.2) is 24.3 Å². The molecular formula is C15H23N3O2. The monoisotopic (exact) mass is 277 g/mol. The topological polar surface area (TPSA) is 84.2 Å². The summed E-state index contributed by atoms with van der Waals surface area (Å²) in [4.78, 5) is 23.3. The third-order valence-electron chi connectivity index (χ3n) is 3.09. The van der Waals surface area contributed by atoms with Crippen molar-refractivity contribution in [2.24, 2.45) is 11.7 Å². The van der Waals surface area contributed by atoms with E-state index in [0.29, 0.717) is 0 Å². The van der Waals surface area contributed by atoms with Gasteiger partial charge in [0.25, 0.3) is 0 Å². The van der Waals surface area contributed by atoms with E-state index in [2.05, 4.69) is 17.6 Å². The van der Waals surface area contributed by atoms with Crippen molar-refractivity contribution in [3.05, 3.63) is 29.8 Å². The summed E-state index contributed by atoms with van der Waals surface area (Å²) in [6, 6.07) is 7.02. The van der Waals surface area contributed by atoms with Crippen LogP contribution in [0.25, 0.3) is 0 Å². The van der Waals surface area contributed by atoms with Gasteiger partial charge in [-0.3, -0.25) is 9.59 Å². The maximum Gasteiger partial charge on any atom is 0.243 e. The number of nitrogens with two attached hydrogens (primary N) is 1. The average Bonchev–Trinajstić information content (AvgIpc) is 2.44. The molecule has 1 rings (SSSR count). The molecule has 0 saturated carbocycles. The highest BCUT2D eigenvalue weighted by Crippen LogP contribution is 2.09. The van der Waals surface area contributed by atoms with Crippen molar-refractivity contribution in [3.63, 3.8) is 0 Å². The Morgan fingerprint density at radius 1 is 1.20 bits per heavy atom. The van der Waals surface area contributed by atoms with Crippen LogP contribution in [0, 0.1) is 5.92 Å². The molecule has 4 N–H and O–H groups in total. The van der Waals surface area contributed by atoms with Gasteiger partial charge in [0.15, 0.2) is 0 Å². The lowest BCUT2D eigenvalue weighted by Gasteiger charge is -2.15. The van der Waals surface area contributed by atoms with E-state index >= 15 is 0 Å². The second-order valence-corrected chi connectivity index (χ2v) is 5.09. The minimum absolute atomic E-state index is 0.0413. The first-order chi connectivity index (χ1) is 9.43. The fourth-order valence-corrected chi connectivity index (χ4v) is 1.62. The molecule has 0 fully saturated rings. The van der Waals surface area contributed by atoms with Crippen LogP contribution in [0.4, 0.5) is 5.69 Å². The molecule has 0 aliphatic carbocycles. The number of benzene rings is 1. The van der Waals surface area contributed by atoms with Gasteiger partial charge in [-0.15, -0.1) is 0 Å². The molecule has 5 nitrogen and oxygen atoms in total. The molecule has 0 spiro atoms. The second-order valence-electron chi connectivity index (χ2n) is 5.09. The van der Waals surface area contributed by atoms with E-state index < -0.39 is 6.04 Å². The Hall–Kier alpha value is -1.88. The maximum absolute atomic E-state index is 11.7. The minimum Gasteiger partial charge on any atom is -0.346 e. The fraction of sp³-hybridized carbons (Fsp3) is 0.467. The van der Waals surface area contributed by atoms with E-state index in [1.165, 1.54) is 5.56 Å². The number of anilines is 1. The molecule has 20 heavy (non-hydrogen) atoms. The van der Waals surface area contributed by atoms with Crippen molar-refractivity contribution in [1.82, 2.24) is 5.32 Å². The number of hydrogen-bond donors (Lipinski definition) is 3. The first-order valence-corrected chi connectivity index (χ1v) is 6.86. The molecule has 0 aromatic heterocycles. The Morgan fingerprint density at radius 3 is 2.30 bits per heavy atom. The minimum atomic E-state index is -0.591. The number of carbonyl (C=O) groups is 2. The Kier molecular flexibility index (Phi) is 6.18. The van der Waals surface area contributed by atoms with Crippen LogP contribution in [-0.4, -0.2) is 24.4 Å². The summed E-state index contributed by atoms with van der Waals surface area (Å²) in [5.74, 6) is -0.533. The van der Waals surface area contributed by atoms with E-state index in [4.69, 9.17) is 5.73 Å². The van der Waals surface area contributed by atoms with Crippen LogP contribution in [0.2, 0.25) is 0 Å². The molecule has 110 valence electrons. The van der Waals surface area contributed by atoms with E-state index in [1.807, 2.05) is 38.1 Å². The summed E-state index contributed by atoms with van der Waals surface area (Å²) in [7, 11) is 0. The average molecular weight is 277 g/mol. The molecule has 0 unspecified atom stereocenters. The van der Waals surface area contributed by atoms with Crippen molar-refractivity contribution in [3.8, 4) is 0 Å². The zero-order valence-corrected chi connectivity index (χ0v) is 12.3. The fourth-order valence-electron chi connectivity index (χ4n) is 1.62. The Labute approximate surface area is 119 Å². The largest absolute Gasteiger partial charge is 0.346 e. The van der Waals surface area contributed by atoms with Gasteiger partial charge in [0.05, 0.1) is 12.6 Å². The molecule has 0 heterocycles. The zero-order valence-electron chi connectivity index (χ0n) is 12.3. The molecule has 0 saturated heterocycles. The number of nitrogens with one attached hydrogen (secondary N) is 2. The van der Waals surface area contributed by atoms with Gasteiger partial charge < -0.3 is 16.4 Å². The third kappa shape index (κ3) is 5.01. The standard InChI is InChI=1S/C15H23N3O2/c1-4-11-5-7-12(8-6-11)18-13(19)9-17-15(20)14(16)10(2)3/h5-8,10,14H,4,9,16H2,1-3H3,(H,17,20)(H,18,19)/t14-/m0/s1. The lowest BCUT2D eigenvalue weighted by Crippen LogP contribution is -2.46. The van der Waals surface area contributed by atoms with Crippen molar-refractivity contribution in [1.29, 1.82) is 0 Å². The van der Waals surface area contributed by atoms with Gasteiger partial charge >= 0.3 is 0 Å². The smallest absolute Gasteiger partial charge is 0.243 e. The molecule has 1 atom stereocenters. The van der Waals surface area contributed by atoms with E-state index in [-0.39, 0.29) is 24.3 Å². The quantitative estimate of drug-likeness (QED) is 0.732. The van der Waals surface area contributed by atoms with Gasteiger partial charge in [0.2, 0.25) is 11.8 Å². The lowest BCUT2D eigenvalue weighted by molar-refractivity contribution is -0.125. The first kappa shape index (κ1) is 16.2. The molecule has 1 aromatic carbocycles. The van der Waals surface area contributed by atoms with Crippen LogP contribution in [0.1, 0.15) is 26.3 Å². The van der Waals surface area contributed by atoms with E-state index in [0.717, 1.165) is 12.1 Å². The van der Waals surface area contributed by atoms with Gasteiger partial charge in [0.1, 0.15) is 0 Å². The number of amides is 2. The maximum atomic E-state index is 11.7. The number of hydrogen-bond acceptors (Lipinski definition) is 3. The Bertz CT molecular complexity index is 455. The number of rotatable bonds is 6. The predicted molar refractivity (Wildman–Crippen MR) is 80.3 cm³/mol. The van der Waals surface area contributed by atoms with Crippen LogP contribution in [0.5, 0.6) is 0 Å². The molecule has 5 heteroatoms. The first-order valence-electron chi connectivity index (χ1n) is 6.86. The molecule has 0 aliphatic heterocycles. The molecule has 0 radical (unpaired) electrons. The van der Waals surface area contributed by atoms with Gasteiger partial charge in [0, 0.05) is 5.69 Å². The van der Waals surface area contributed by atoms with Gasteiger partial charge in [-0.2, -0.15) is 0 Å². The molecule has 0 bridgehead atoms. The SMILES string of the molecule is CCc1ccc(NC(=O)CNC(=O)[C@@H](N)C(C)C)cc1. The van der Waals surface area contributed by atoms with Crippen molar-refractivity contribution in [2.45, 2.75) is 33.2 Å². The second kappa shape index (κ2) is 7.65. The van der Waals surface area contributed by atoms with Crippen molar-refractivity contribution in [2.75, 3.05) is 11.9 Å². The van der Waals surface area contributed by atoms with Crippen LogP contribution in [0.3, 0.4) is 0 Å². The molecular weight excluding hydrogens is 254 g/mol. The summed E-state index contributed by atoms with van der Waals surface area (Å²) >= 11 is 0. The molecule has 2 amide bonds. The predicted octanol–water partition coefficient (Wildman–Crippen LogP) is 1.29. The summed E-state index contributed by atoms with van der Waals surface area (Å²) < 4.78 is 0. The molecule has 1 aromatic rings. The number of carbonyl (C=O) groups excluding carboxylic acids is 2. The summed E-state index contributed by atoms with van der Waals surface area (Å²) in [5.41, 5.74) is 7.61. The number of aryl methyl sites for hydroxylation is 1. The highest BCUT2D eigenvalue weighted by molar-refractivity contribution is 5.95. The van der Waals surface area contributed by atoms with Crippen LogP contribution >= 0.6 is 0 Å². The van der Waals surface area contributed by atoms with Crippen LogP contribution < -0.4 is 16.4 Å². The third-order valence-corrected chi connectivity index (χ3v) is 3.09. The highest BCUT2D eigenvalue weighted by Gasteiger charge is 2.17. The Balaban J connectivity index is 2.41. The highest BCUT2D eigenvalue weighted by atomic mass is 16.2. The summed E-state index contributed by atoms with van der Waals surface area (Å²) in [6.45, 7) is 5.72.